The van der Waals surface area contributed by atoms with Crippen molar-refractivity contribution in [2.45, 2.75) is 25.7 Å². The van der Waals surface area contributed by atoms with Gasteiger partial charge in [-0.05, 0) is 37.1 Å². The molecule has 0 saturated carbocycles. The maximum atomic E-state index is 12.3. The lowest BCUT2D eigenvalue weighted by molar-refractivity contribution is -0.135. The molecular formula is C23H21N3O5. The Labute approximate surface area is 179 Å². The molecule has 2 aliphatic rings. The minimum absolute atomic E-state index is 0.139. The van der Waals surface area contributed by atoms with Gasteiger partial charge >= 0.3 is 5.97 Å². The number of esters is 1. The number of hydrazone groups is 1. The predicted octanol–water partition coefficient (Wildman–Crippen LogP) is 2.79. The second-order valence-corrected chi connectivity index (χ2v) is 7.24. The fraction of sp³-hybridized carbons (Fsp3) is 0.261. The molecule has 2 aromatic carbocycles. The summed E-state index contributed by atoms with van der Waals surface area (Å²) in [6, 6.07) is 15.7. The van der Waals surface area contributed by atoms with E-state index in [4.69, 9.17) is 4.74 Å². The monoisotopic (exact) mass is 419 g/mol. The lowest BCUT2D eigenvalue weighted by atomic mass is 10.1. The first kappa shape index (κ1) is 20.5. The van der Waals surface area contributed by atoms with Crippen molar-refractivity contribution in [1.29, 1.82) is 0 Å². The van der Waals surface area contributed by atoms with E-state index in [9.17, 15) is 19.2 Å². The molecule has 2 aliphatic heterocycles. The number of unbranched alkanes of at least 4 members (excludes halogenated alkanes) is 1. The Hall–Kier alpha value is -3.81. The van der Waals surface area contributed by atoms with Crippen molar-refractivity contribution in [2.24, 2.45) is 5.10 Å². The summed E-state index contributed by atoms with van der Waals surface area (Å²) in [6.45, 7) is 0.404. The van der Waals surface area contributed by atoms with Crippen LogP contribution in [0.1, 0.15) is 46.4 Å². The number of carbonyl (C=O) groups excluding carboxylic acids is 4. The molecule has 8 heteroatoms. The number of rotatable bonds is 7. The molecule has 0 atom stereocenters. The number of ether oxygens (including phenoxy) is 1. The van der Waals surface area contributed by atoms with Crippen molar-refractivity contribution < 1.29 is 23.9 Å². The van der Waals surface area contributed by atoms with Crippen LogP contribution in [0, 0.1) is 0 Å². The minimum Gasteiger partial charge on any atom is -0.461 e. The highest BCUT2D eigenvalue weighted by Gasteiger charge is 2.34. The molecule has 158 valence electrons. The van der Waals surface area contributed by atoms with Gasteiger partial charge in [-0.15, -0.1) is 0 Å². The highest BCUT2D eigenvalue weighted by atomic mass is 16.5. The molecule has 0 N–H and O–H groups in total. The van der Waals surface area contributed by atoms with Crippen molar-refractivity contribution in [3.8, 4) is 0 Å². The average Bonchev–Trinajstić information content (AvgIpc) is 3.04. The smallest absolute Gasteiger partial charge is 0.354 e. The van der Waals surface area contributed by atoms with Gasteiger partial charge in [0.2, 0.25) is 5.91 Å². The molecule has 8 nitrogen and oxygen atoms in total. The van der Waals surface area contributed by atoms with Gasteiger partial charge in [0.15, 0.2) is 0 Å². The van der Waals surface area contributed by atoms with E-state index < -0.39 is 5.97 Å². The van der Waals surface area contributed by atoms with E-state index in [1.54, 1.807) is 48.5 Å². The van der Waals surface area contributed by atoms with Crippen molar-refractivity contribution in [3.63, 3.8) is 0 Å². The first-order valence-electron chi connectivity index (χ1n) is 10.1. The topological polar surface area (TPSA) is 96.3 Å². The molecule has 0 unspecified atom stereocenters. The predicted molar refractivity (Wildman–Crippen MR) is 113 cm³/mol. The molecule has 0 bridgehead atoms. The third kappa shape index (κ3) is 4.23. The number of para-hydroxylation sites is 1. The highest BCUT2D eigenvalue weighted by Crippen LogP contribution is 2.23. The van der Waals surface area contributed by atoms with Gasteiger partial charge in [-0.2, -0.15) is 5.10 Å². The van der Waals surface area contributed by atoms with E-state index in [0.717, 1.165) is 0 Å². The summed E-state index contributed by atoms with van der Waals surface area (Å²) in [4.78, 5) is 50.4. The summed E-state index contributed by atoms with van der Waals surface area (Å²) in [5.74, 6) is -1.32. The normalized spacial score (nSPS) is 15.7. The van der Waals surface area contributed by atoms with E-state index in [0.29, 0.717) is 29.7 Å². The second kappa shape index (κ2) is 8.91. The molecule has 0 aliphatic carbocycles. The number of benzene rings is 2. The first-order valence-corrected chi connectivity index (χ1v) is 10.1. The van der Waals surface area contributed by atoms with Crippen LogP contribution in [-0.4, -0.2) is 47.5 Å². The zero-order chi connectivity index (χ0) is 21.8. The van der Waals surface area contributed by atoms with Gasteiger partial charge in [-0.3, -0.25) is 19.3 Å². The van der Waals surface area contributed by atoms with E-state index in [2.05, 4.69) is 5.10 Å². The molecule has 0 aromatic heterocycles. The molecule has 0 spiro atoms. The standard InChI is InChI=1S/C23H21N3O5/c27-20-13-12-19(24-26(20)16-8-2-1-3-9-16)23(30)31-15-7-6-14-25-21(28)17-10-4-5-11-18(17)22(25)29/h1-5,8-11H,6-7,12-15H2. The molecule has 2 heterocycles. The van der Waals surface area contributed by atoms with Crippen molar-refractivity contribution in [2.75, 3.05) is 18.2 Å². The third-order valence-corrected chi connectivity index (χ3v) is 5.16. The largest absolute Gasteiger partial charge is 0.461 e. The molecule has 0 fully saturated rings. The molecule has 2 aromatic rings. The number of anilines is 1. The molecule has 0 saturated heterocycles. The Kier molecular flexibility index (Phi) is 5.88. The van der Waals surface area contributed by atoms with E-state index in [-0.39, 0.29) is 49.4 Å². The van der Waals surface area contributed by atoms with Crippen LogP contribution >= 0.6 is 0 Å². The average molecular weight is 419 g/mol. The van der Waals surface area contributed by atoms with Crippen LogP contribution in [0.5, 0.6) is 0 Å². The lowest BCUT2D eigenvalue weighted by Gasteiger charge is -2.22. The maximum Gasteiger partial charge on any atom is 0.354 e. The van der Waals surface area contributed by atoms with Gasteiger partial charge in [0.1, 0.15) is 5.71 Å². The summed E-state index contributed by atoms with van der Waals surface area (Å²) < 4.78 is 5.29. The fourth-order valence-corrected chi connectivity index (χ4v) is 3.53. The van der Waals surface area contributed by atoms with Crippen LogP contribution < -0.4 is 5.01 Å². The number of hydrogen-bond acceptors (Lipinski definition) is 6. The Morgan fingerprint density at radius 2 is 1.52 bits per heavy atom. The van der Waals surface area contributed by atoms with Gasteiger partial charge in [0.05, 0.1) is 23.4 Å². The minimum atomic E-state index is -0.561. The summed E-state index contributed by atoms with van der Waals surface area (Å²) in [5, 5.41) is 5.39. The molecular weight excluding hydrogens is 398 g/mol. The number of imide groups is 1. The van der Waals surface area contributed by atoms with Crippen LogP contribution in [0.25, 0.3) is 0 Å². The lowest BCUT2D eigenvalue weighted by Crippen LogP contribution is -2.35. The zero-order valence-electron chi connectivity index (χ0n) is 16.8. The Bertz CT molecular complexity index is 1030. The van der Waals surface area contributed by atoms with Crippen molar-refractivity contribution in [3.05, 3.63) is 65.7 Å². The molecule has 3 amide bonds. The third-order valence-electron chi connectivity index (χ3n) is 5.16. The maximum absolute atomic E-state index is 12.3. The summed E-state index contributed by atoms with van der Waals surface area (Å²) in [5.41, 5.74) is 1.64. The number of hydrogen-bond donors (Lipinski definition) is 0. The van der Waals surface area contributed by atoms with E-state index in [1.165, 1.54) is 9.91 Å². The number of nitrogens with zero attached hydrogens (tertiary/aromatic N) is 3. The van der Waals surface area contributed by atoms with Gasteiger partial charge in [-0.1, -0.05) is 30.3 Å². The Morgan fingerprint density at radius 1 is 0.871 bits per heavy atom. The molecule has 4 rings (SSSR count). The number of fused-ring (bicyclic) bond motifs is 1. The highest BCUT2D eigenvalue weighted by molar-refractivity contribution is 6.38. The van der Waals surface area contributed by atoms with Crippen LogP contribution in [-0.2, 0) is 14.3 Å². The van der Waals surface area contributed by atoms with E-state index >= 15 is 0 Å². The van der Waals surface area contributed by atoms with E-state index in [1.807, 2.05) is 6.07 Å². The Balaban J connectivity index is 1.26. The number of carbonyl (C=O) groups is 4. The zero-order valence-corrected chi connectivity index (χ0v) is 16.8. The van der Waals surface area contributed by atoms with Gasteiger partial charge in [0.25, 0.3) is 11.8 Å². The van der Waals surface area contributed by atoms with Crippen LogP contribution in [0.3, 0.4) is 0 Å². The van der Waals surface area contributed by atoms with Gasteiger partial charge in [-0.25, -0.2) is 9.80 Å². The number of amides is 3. The van der Waals surface area contributed by atoms with Crippen LogP contribution in [0.2, 0.25) is 0 Å². The second-order valence-electron chi connectivity index (χ2n) is 7.24. The fourth-order valence-electron chi connectivity index (χ4n) is 3.53. The van der Waals surface area contributed by atoms with Crippen molar-refractivity contribution >= 4 is 35.1 Å². The molecule has 0 radical (unpaired) electrons. The molecule has 31 heavy (non-hydrogen) atoms. The first-order chi connectivity index (χ1) is 15.1. The SMILES string of the molecule is O=C(OCCCCN1C(=O)c2ccccc2C1=O)C1=NN(c2ccccc2)C(=O)CC1. The van der Waals surface area contributed by atoms with Crippen LogP contribution in [0.15, 0.2) is 59.7 Å². The summed E-state index contributed by atoms with van der Waals surface area (Å²) in [7, 11) is 0. The van der Waals surface area contributed by atoms with Crippen molar-refractivity contribution in [1.82, 2.24) is 4.90 Å². The Morgan fingerprint density at radius 3 is 2.19 bits per heavy atom. The summed E-state index contributed by atoms with van der Waals surface area (Å²) in [6.07, 6.45) is 1.42. The van der Waals surface area contributed by atoms with Gasteiger partial charge in [0, 0.05) is 19.4 Å². The quantitative estimate of drug-likeness (QED) is 0.391. The van der Waals surface area contributed by atoms with Gasteiger partial charge < -0.3 is 4.74 Å². The summed E-state index contributed by atoms with van der Waals surface area (Å²) >= 11 is 0. The van der Waals surface area contributed by atoms with Crippen LogP contribution in [0.4, 0.5) is 5.69 Å².